The standard InChI is InChI=1S/C16H25FN2/c1-12(2)13-6-4-9-19(10-8-13)16-14(11-18)5-3-7-15(16)17/h3,5,7,12-13H,4,6,8-11,18H2,1-2H3. The van der Waals surface area contributed by atoms with Crippen molar-refractivity contribution in [3.8, 4) is 0 Å². The number of nitrogens with zero attached hydrogens (tertiary/aromatic N) is 1. The molecule has 0 aliphatic carbocycles. The van der Waals surface area contributed by atoms with E-state index in [4.69, 9.17) is 5.73 Å². The summed E-state index contributed by atoms with van der Waals surface area (Å²) in [5, 5.41) is 0. The SMILES string of the molecule is CC(C)C1CCCN(c2c(F)cccc2CN)CC1. The Bertz CT molecular complexity index is 417. The summed E-state index contributed by atoms with van der Waals surface area (Å²) in [6.07, 6.45) is 3.54. The van der Waals surface area contributed by atoms with Gasteiger partial charge in [0.1, 0.15) is 5.82 Å². The maximum atomic E-state index is 14.1. The van der Waals surface area contributed by atoms with E-state index in [0.717, 1.165) is 49.0 Å². The van der Waals surface area contributed by atoms with Crippen molar-refractivity contribution in [1.29, 1.82) is 0 Å². The minimum atomic E-state index is -0.133. The fourth-order valence-corrected chi connectivity index (χ4v) is 3.09. The molecule has 1 heterocycles. The second-order valence-corrected chi connectivity index (χ2v) is 5.87. The summed E-state index contributed by atoms with van der Waals surface area (Å²) in [5.74, 6) is 1.35. The molecule has 2 rings (SSSR count). The van der Waals surface area contributed by atoms with Crippen LogP contribution in [0.3, 0.4) is 0 Å². The minimum absolute atomic E-state index is 0.133. The van der Waals surface area contributed by atoms with E-state index in [1.165, 1.54) is 6.42 Å². The summed E-state index contributed by atoms with van der Waals surface area (Å²) >= 11 is 0. The van der Waals surface area contributed by atoms with Gasteiger partial charge in [-0.3, -0.25) is 0 Å². The Hall–Kier alpha value is -1.09. The van der Waals surface area contributed by atoms with Gasteiger partial charge in [-0.05, 0) is 42.7 Å². The molecule has 0 spiro atoms. The zero-order valence-corrected chi connectivity index (χ0v) is 12.0. The highest BCUT2D eigenvalue weighted by atomic mass is 19.1. The maximum absolute atomic E-state index is 14.1. The topological polar surface area (TPSA) is 29.3 Å². The number of para-hydroxylation sites is 1. The van der Waals surface area contributed by atoms with Crippen molar-refractivity contribution in [2.75, 3.05) is 18.0 Å². The van der Waals surface area contributed by atoms with Gasteiger partial charge in [-0.15, -0.1) is 0 Å². The molecule has 1 aromatic rings. The van der Waals surface area contributed by atoms with Crippen LogP contribution in [0, 0.1) is 17.7 Å². The third-order valence-corrected chi connectivity index (χ3v) is 4.32. The average molecular weight is 264 g/mol. The second-order valence-electron chi connectivity index (χ2n) is 5.87. The van der Waals surface area contributed by atoms with E-state index in [9.17, 15) is 4.39 Å². The fraction of sp³-hybridized carbons (Fsp3) is 0.625. The first-order chi connectivity index (χ1) is 9.13. The van der Waals surface area contributed by atoms with Crippen molar-refractivity contribution in [1.82, 2.24) is 0 Å². The van der Waals surface area contributed by atoms with Crippen molar-refractivity contribution >= 4 is 5.69 Å². The summed E-state index contributed by atoms with van der Waals surface area (Å²) in [6, 6.07) is 5.22. The van der Waals surface area contributed by atoms with E-state index in [-0.39, 0.29) is 5.82 Å². The van der Waals surface area contributed by atoms with E-state index >= 15 is 0 Å². The van der Waals surface area contributed by atoms with Crippen molar-refractivity contribution in [3.63, 3.8) is 0 Å². The molecular weight excluding hydrogens is 239 g/mol. The first-order valence-electron chi connectivity index (χ1n) is 7.36. The molecular formula is C16H25FN2. The summed E-state index contributed by atoms with van der Waals surface area (Å²) in [5.41, 5.74) is 7.40. The number of rotatable bonds is 3. The van der Waals surface area contributed by atoms with Gasteiger partial charge in [-0.25, -0.2) is 4.39 Å². The number of benzene rings is 1. The molecule has 1 unspecified atom stereocenters. The molecule has 1 aromatic carbocycles. The average Bonchev–Trinajstić information content (AvgIpc) is 2.64. The van der Waals surface area contributed by atoms with Crippen LogP contribution in [0.1, 0.15) is 38.7 Å². The molecule has 19 heavy (non-hydrogen) atoms. The van der Waals surface area contributed by atoms with Crippen LogP contribution in [0.2, 0.25) is 0 Å². The van der Waals surface area contributed by atoms with Gasteiger partial charge in [0.25, 0.3) is 0 Å². The van der Waals surface area contributed by atoms with Crippen LogP contribution >= 0.6 is 0 Å². The maximum Gasteiger partial charge on any atom is 0.146 e. The highest BCUT2D eigenvalue weighted by Crippen LogP contribution is 2.30. The van der Waals surface area contributed by atoms with Gasteiger partial charge in [0.05, 0.1) is 5.69 Å². The number of anilines is 1. The summed E-state index contributed by atoms with van der Waals surface area (Å²) in [7, 11) is 0. The lowest BCUT2D eigenvalue weighted by Gasteiger charge is -2.26. The highest BCUT2D eigenvalue weighted by Gasteiger charge is 2.22. The van der Waals surface area contributed by atoms with Gasteiger partial charge in [-0.1, -0.05) is 26.0 Å². The van der Waals surface area contributed by atoms with Crippen LogP contribution in [0.5, 0.6) is 0 Å². The molecule has 1 fully saturated rings. The van der Waals surface area contributed by atoms with E-state index in [1.807, 2.05) is 6.07 Å². The van der Waals surface area contributed by atoms with Crippen LogP contribution < -0.4 is 10.6 Å². The van der Waals surface area contributed by atoms with Crippen molar-refractivity contribution in [2.45, 2.75) is 39.7 Å². The summed E-state index contributed by atoms with van der Waals surface area (Å²) in [4.78, 5) is 2.19. The molecule has 1 atom stereocenters. The monoisotopic (exact) mass is 264 g/mol. The normalized spacial score (nSPS) is 20.7. The van der Waals surface area contributed by atoms with Crippen LogP contribution in [0.25, 0.3) is 0 Å². The Morgan fingerprint density at radius 2 is 2.11 bits per heavy atom. The smallest absolute Gasteiger partial charge is 0.146 e. The van der Waals surface area contributed by atoms with Gasteiger partial charge in [0.2, 0.25) is 0 Å². The van der Waals surface area contributed by atoms with Crippen molar-refractivity contribution in [2.24, 2.45) is 17.6 Å². The van der Waals surface area contributed by atoms with Crippen LogP contribution in [0.15, 0.2) is 18.2 Å². The number of halogens is 1. The number of hydrogen-bond acceptors (Lipinski definition) is 2. The number of hydrogen-bond donors (Lipinski definition) is 1. The van der Waals surface area contributed by atoms with Crippen LogP contribution in [-0.4, -0.2) is 13.1 Å². The lowest BCUT2D eigenvalue weighted by atomic mass is 9.89. The Kier molecular flexibility index (Phi) is 4.81. The lowest BCUT2D eigenvalue weighted by Crippen LogP contribution is -2.27. The van der Waals surface area contributed by atoms with Gasteiger partial charge in [0, 0.05) is 19.6 Å². The summed E-state index contributed by atoms with van der Waals surface area (Å²) < 4.78 is 14.1. The molecule has 1 aliphatic heterocycles. The molecule has 3 heteroatoms. The Morgan fingerprint density at radius 3 is 2.79 bits per heavy atom. The summed E-state index contributed by atoms with van der Waals surface area (Å²) in [6.45, 7) is 6.86. The van der Waals surface area contributed by atoms with E-state index in [1.54, 1.807) is 12.1 Å². The highest BCUT2D eigenvalue weighted by molar-refractivity contribution is 5.55. The predicted molar refractivity (Wildman–Crippen MR) is 78.7 cm³/mol. The third kappa shape index (κ3) is 3.27. The number of nitrogens with two attached hydrogens (primary N) is 1. The minimum Gasteiger partial charge on any atom is -0.369 e. The second kappa shape index (κ2) is 6.38. The quantitative estimate of drug-likeness (QED) is 0.904. The van der Waals surface area contributed by atoms with Crippen molar-refractivity contribution in [3.05, 3.63) is 29.6 Å². The van der Waals surface area contributed by atoms with E-state index in [2.05, 4.69) is 18.7 Å². The third-order valence-electron chi connectivity index (χ3n) is 4.32. The molecule has 0 amide bonds. The van der Waals surface area contributed by atoms with Gasteiger partial charge in [-0.2, -0.15) is 0 Å². The molecule has 2 nitrogen and oxygen atoms in total. The Balaban J connectivity index is 2.18. The van der Waals surface area contributed by atoms with Crippen LogP contribution in [0.4, 0.5) is 10.1 Å². The molecule has 1 saturated heterocycles. The molecule has 0 radical (unpaired) electrons. The lowest BCUT2D eigenvalue weighted by molar-refractivity contribution is 0.351. The van der Waals surface area contributed by atoms with Gasteiger partial charge in [0.15, 0.2) is 0 Å². The molecule has 1 aliphatic rings. The largest absolute Gasteiger partial charge is 0.369 e. The Morgan fingerprint density at radius 1 is 1.32 bits per heavy atom. The van der Waals surface area contributed by atoms with Gasteiger partial charge < -0.3 is 10.6 Å². The predicted octanol–water partition coefficient (Wildman–Crippen LogP) is 3.55. The first kappa shape index (κ1) is 14.3. The van der Waals surface area contributed by atoms with Gasteiger partial charge >= 0.3 is 0 Å². The van der Waals surface area contributed by atoms with Crippen LogP contribution in [-0.2, 0) is 6.54 Å². The molecule has 0 saturated carbocycles. The first-order valence-corrected chi connectivity index (χ1v) is 7.36. The Labute approximate surface area is 115 Å². The van der Waals surface area contributed by atoms with Crippen molar-refractivity contribution < 1.29 is 4.39 Å². The molecule has 106 valence electrons. The van der Waals surface area contributed by atoms with E-state index in [0.29, 0.717) is 6.54 Å². The van der Waals surface area contributed by atoms with E-state index < -0.39 is 0 Å². The molecule has 0 aromatic heterocycles. The fourth-order valence-electron chi connectivity index (χ4n) is 3.09. The zero-order valence-electron chi connectivity index (χ0n) is 12.0. The zero-order chi connectivity index (χ0) is 13.8. The molecule has 2 N–H and O–H groups in total. The molecule has 0 bridgehead atoms.